The second-order valence-electron chi connectivity index (χ2n) is 5.93. The van der Waals surface area contributed by atoms with Crippen LogP contribution in [0.4, 0.5) is 11.6 Å². The summed E-state index contributed by atoms with van der Waals surface area (Å²) in [4.78, 5) is 9.33. The number of nitrogens with one attached hydrogen (secondary N) is 2. The van der Waals surface area contributed by atoms with E-state index in [9.17, 15) is 5.11 Å². The van der Waals surface area contributed by atoms with Crippen LogP contribution in [0.15, 0.2) is 0 Å². The Labute approximate surface area is 127 Å². The fourth-order valence-corrected chi connectivity index (χ4v) is 2.30. The van der Waals surface area contributed by atoms with E-state index in [4.69, 9.17) is 0 Å². The first-order chi connectivity index (χ1) is 10.2. The second-order valence-corrected chi connectivity index (χ2v) is 5.93. The smallest absolute Gasteiger partial charge is 0.136 e. The summed E-state index contributed by atoms with van der Waals surface area (Å²) >= 11 is 0. The van der Waals surface area contributed by atoms with Crippen LogP contribution in [0.25, 0.3) is 0 Å². The summed E-state index contributed by atoms with van der Waals surface area (Å²) in [5, 5.41) is 16.6. The van der Waals surface area contributed by atoms with Gasteiger partial charge < -0.3 is 15.7 Å². The van der Waals surface area contributed by atoms with Gasteiger partial charge in [-0.25, -0.2) is 9.97 Å². The van der Waals surface area contributed by atoms with Crippen molar-refractivity contribution in [3.05, 3.63) is 11.4 Å². The molecule has 0 aliphatic heterocycles. The first-order valence-electron chi connectivity index (χ1n) is 8.20. The number of aliphatic hydroxyl groups is 1. The second kappa shape index (κ2) is 7.59. The lowest BCUT2D eigenvalue weighted by atomic mass is 10.2. The zero-order chi connectivity index (χ0) is 15.2. The summed E-state index contributed by atoms with van der Waals surface area (Å²) in [6, 6.07) is 0. The Morgan fingerprint density at radius 1 is 1.14 bits per heavy atom. The number of hydrogen-bond acceptors (Lipinski definition) is 5. The van der Waals surface area contributed by atoms with Gasteiger partial charge in [0.1, 0.15) is 17.5 Å². The molecule has 1 aliphatic carbocycles. The fraction of sp³-hybridized carbons (Fsp3) is 0.750. The van der Waals surface area contributed by atoms with Gasteiger partial charge in [0.25, 0.3) is 0 Å². The summed E-state index contributed by atoms with van der Waals surface area (Å²) in [5.41, 5.74) is 1.04. The van der Waals surface area contributed by atoms with Crippen LogP contribution in [0.2, 0.25) is 0 Å². The van der Waals surface area contributed by atoms with Crippen LogP contribution >= 0.6 is 0 Å². The largest absolute Gasteiger partial charge is 0.391 e. The molecule has 0 aromatic carbocycles. The maximum Gasteiger partial charge on any atom is 0.136 e. The molecule has 0 amide bonds. The Balaban J connectivity index is 2.11. The third-order valence-corrected chi connectivity index (χ3v) is 3.78. The highest BCUT2D eigenvalue weighted by molar-refractivity contribution is 5.57. The van der Waals surface area contributed by atoms with Crippen LogP contribution in [0, 0.1) is 6.92 Å². The molecule has 2 rings (SSSR count). The van der Waals surface area contributed by atoms with Crippen molar-refractivity contribution < 1.29 is 5.11 Å². The standard InChI is InChI=1S/C16H28N4O/c1-4-6-13(21)10-18-15-11(3)14(17-9-5-2)19-16(20-15)12-7-8-12/h12-13,21H,4-10H2,1-3H3,(H2,17,18,19,20). The average molecular weight is 292 g/mol. The Morgan fingerprint density at radius 3 is 2.38 bits per heavy atom. The van der Waals surface area contributed by atoms with Gasteiger partial charge in [-0.15, -0.1) is 0 Å². The minimum atomic E-state index is -0.319. The normalized spacial score (nSPS) is 15.8. The fourth-order valence-electron chi connectivity index (χ4n) is 2.30. The summed E-state index contributed by atoms with van der Waals surface area (Å²) in [7, 11) is 0. The van der Waals surface area contributed by atoms with Crippen molar-refractivity contribution in [2.45, 2.75) is 64.9 Å². The third-order valence-electron chi connectivity index (χ3n) is 3.78. The average Bonchev–Trinajstić information content (AvgIpc) is 3.30. The van der Waals surface area contributed by atoms with Crippen molar-refractivity contribution in [1.82, 2.24) is 9.97 Å². The first kappa shape index (κ1) is 16.0. The van der Waals surface area contributed by atoms with Crippen LogP contribution in [0.5, 0.6) is 0 Å². The van der Waals surface area contributed by atoms with E-state index in [1.165, 1.54) is 12.8 Å². The van der Waals surface area contributed by atoms with Crippen molar-refractivity contribution in [2.24, 2.45) is 0 Å². The molecule has 21 heavy (non-hydrogen) atoms. The minimum Gasteiger partial charge on any atom is -0.391 e. The molecule has 1 heterocycles. The van der Waals surface area contributed by atoms with Crippen LogP contribution in [0.1, 0.15) is 63.3 Å². The molecule has 5 heteroatoms. The van der Waals surface area contributed by atoms with Crippen LogP contribution < -0.4 is 10.6 Å². The molecule has 1 unspecified atom stereocenters. The Hall–Kier alpha value is -1.36. The van der Waals surface area contributed by atoms with E-state index in [-0.39, 0.29) is 6.10 Å². The zero-order valence-corrected chi connectivity index (χ0v) is 13.4. The number of anilines is 2. The molecule has 5 nitrogen and oxygen atoms in total. The highest BCUT2D eigenvalue weighted by Gasteiger charge is 2.28. The van der Waals surface area contributed by atoms with Gasteiger partial charge in [-0.3, -0.25) is 0 Å². The van der Waals surface area contributed by atoms with E-state index < -0.39 is 0 Å². The summed E-state index contributed by atoms with van der Waals surface area (Å²) in [6.07, 6.45) is 4.93. The van der Waals surface area contributed by atoms with E-state index in [2.05, 4.69) is 34.4 Å². The predicted molar refractivity (Wildman–Crippen MR) is 86.9 cm³/mol. The summed E-state index contributed by atoms with van der Waals surface area (Å²) < 4.78 is 0. The van der Waals surface area contributed by atoms with Crippen LogP contribution in [0.3, 0.4) is 0 Å². The molecule has 0 bridgehead atoms. The van der Waals surface area contributed by atoms with Gasteiger partial charge in [-0.2, -0.15) is 0 Å². The number of hydrogen-bond donors (Lipinski definition) is 3. The summed E-state index contributed by atoms with van der Waals surface area (Å²) in [6.45, 7) is 7.72. The van der Waals surface area contributed by atoms with Gasteiger partial charge in [0.05, 0.1) is 6.10 Å². The van der Waals surface area contributed by atoms with E-state index in [1.54, 1.807) is 0 Å². The first-order valence-corrected chi connectivity index (χ1v) is 8.20. The topological polar surface area (TPSA) is 70.1 Å². The van der Waals surface area contributed by atoms with Gasteiger partial charge in [-0.05, 0) is 32.6 Å². The summed E-state index contributed by atoms with van der Waals surface area (Å²) in [5.74, 6) is 3.25. The van der Waals surface area contributed by atoms with Gasteiger partial charge in [0.15, 0.2) is 0 Å². The van der Waals surface area contributed by atoms with Crippen LogP contribution in [-0.4, -0.2) is 34.3 Å². The molecule has 118 valence electrons. The number of rotatable bonds is 9. The number of nitrogens with zero attached hydrogens (tertiary/aromatic N) is 2. The van der Waals surface area contributed by atoms with Crippen molar-refractivity contribution in [2.75, 3.05) is 23.7 Å². The maximum absolute atomic E-state index is 9.88. The lowest BCUT2D eigenvalue weighted by Gasteiger charge is -2.16. The lowest BCUT2D eigenvalue weighted by molar-refractivity contribution is 0.176. The molecule has 1 aromatic heterocycles. The van der Waals surface area contributed by atoms with E-state index in [1.807, 2.05) is 6.92 Å². The molecule has 1 fully saturated rings. The monoisotopic (exact) mass is 292 g/mol. The maximum atomic E-state index is 9.88. The SMILES string of the molecule is CCCNc1nc(C2CC2)nc(NCC(O)CCC)c1C. The van der Waals surface area contributed by atoms with Gasteiger partial charge in [0.2, 0.25) is 0 Å². The lowest BCUT2D eigenvalue weighted by Crippen LogP contribution is -2.21. The molecule has 1 aromatic rings. The Kier molecular flexibility index (Phi) is 5.79. The van der Waals surface area contributed by atoms with Gasteiger partial charge >= 0.3 is 0 Å². The molecular formula is C16H28N4O. The molecule has 1 saturated carbocycles. The van der Waals surface area contributed by atoms with Crippen LogP contribution in [-0.2, 0) is 0 Å². The Bertz CT molecular complexity index is 460. The molecule has 0 spiro atoms. The number of aliphatic hydroxyl groups excluding tert-OH is 1. The zero-order valence-electron chi connectivity index (χ0n) is 13.4. The molecule has 3 N–H and O–H groups in total. The van der Waals surface area contributed by atoms with E-state index in [0.29, 0.717) is 12.5 Å². The quantitative estimate of drug-likeness (QED) is 0.652. The third kappa shape index (κ3) is 4.56. The van der Waals surface area contributed by atoms with Gasteiger partial charge in [-0.1, -0.05) is 20.3 Å². The predicted octanol–water partition coefficient (Wildman–Crippen LogP) is 3.06. The molecule has 1 aliphatic rings. The minimum absolute atomic E-state index is 0.319. The molecule has 0 radical (unpaired) electrons. The molecular weight excluding hydrogens is 264 g/mol. The van der Waals surface area contributed by atoms with Crippen molar-refractivity contribution >= 4 is 11.6 Å². The van der Waals surface area contributed by atoms with E-state index >= 15 is 0 Å². The van der Waals surface area contributed by atoms with Crippen molar-refractivity contribution in [1.29, 1.82) is 0 Å². The molecule has 1 atom stereocenters. The Morgan fingerprint density at radius 2 is 1.81 bits per heavy atom. The van der Waals surface area contributed by atoms with E-state index in [0.717, 1.165) is 48.8 Å². The highest BCUT2D eigenvalue weighted by Crippen LogP contribution is 2.39. The highest BCUT2D eigenvalue weighted by atomic mass is 16.3. The molecule has 0 saturated heterocycles. The van der Waals surface area contributed by atoms with Gasteiger partial charge in [0, 0.05) is 24.6 Å². The van der Waals surface area contributed by atoms with Crippen molar-refractivity contribution in [3.63, 3.8) is 0 Å². The number of aromatic nitrogens is 2. The van der Waals surface area contributed by atoms with Crippen molar-refractivity contribution in [3.8, 4) is 0 Å².